The summed E-state index contributed by atoms with van der Waals surface area (Å²) in [6, 6.07) is 3.80. The van der Waals surface area contributed by atoms with Gasteiger partial charge in [0.1, 0.15) is 28.8 Å². The minimum Gasteiger partial charge on any atom is -0.494 e. The molecule has 0 fully saturated rings. The first-order valence-electron chi connectivity index (χ1n) is 9.01. The molecule has 0 atom stereocenters. The Morgan fingerprint density at radius 3 is 2.64 bits per heavy atom. The van der Waals surface area contributed by atoms with E-state index in [9.17, 15) is 10.1 Å². The Balaban J connectivity index is 2.28. The molecule has 28 heavy (non-hydrogen) atoms. The second-order valence-corrected chi connectivity index (χ2v) is 7.63. The Morgan fingerprint density at radius 1 is 1.43 bits per heavy atom. The van der Waals surface area contributed by atoms with Crippen LogP contribution in [-0.4, -0.2) is 67.1 Å². The number of rotatable bonds is 4. The maximum atomic E-state index is 12.2. The molecule has 0 saturated heterocycles. The Morgan fingerprint density at radius 2 is 2.14 bits per heavy atom. The second kappa shape index (κ2) is 8.74. The number of carbonyl (C=O) groups is 1. The summed E-state index contributed by atoms with van der Waals surface area (Å²) in [5.74, 6) is 0.543. The molecule has 0 saturated carbocycles. The van der Waals surface area contributed by atoms with Crippen molar-refractivity contribution in [3.05, 3.63) is 23.5 Å². The zero-order valence-corrected chi connectivity index (χ0v) is 17.3. The SMILES string of the molecule is COc1cc(/N=C/N(C)C)c(C#N)nc1C1=CCN(C(=O)OC(C)(C)C)CC1. The number of methoxy groups -OCH3 is 1. The zero-order valence-electron chi connectivity index (χ0n) is 17.3. The van der Waals surface area contributed by atoms with Crippen molar-refractivity contribution >= 4 is 23.7 Å². The van der Waals surface area contributed by atoms with Gasteiger partial charge in [-0.1, -0.05) is 6.08 Å². The fourth-order valence-electron chi connectivity index (χ4n) is 2.61. The number of carbonyl (C=O) groups excluding carboxylic acids is 1. The molecule has 0 spiro atoms. The van der Waals surface area contributed by atoms with Crippen molar-refractivity contribution in [1.29, 1.82) is 5.26 Å². The summed E-state index contributed by atoms with van der Waals surface area (Å²) in [6.07, 6.45) is 3.78. The van der Waals surface area contributed by atoms with Crippen molar-refractivity contribution in [3.8, 4) is 11.8 Å². The number of hydrogen-bond donors (Lipinski definition) is 0. The molecule has 0 aromatic carbocycles. The van der Waals surface area contributed by atoms with E-state index in [1.807, 2.05) is 40.9 Å². The highest BCUT2D eigenvalue weighted by atomic mass is 16.6. The molecule has 1 aromatic rings. The molecular weight excluding hydrogens is 358 g/mol. The first-order chi connectivity index (χ1) is 13.1. The number of pyridine rings is 1. The zero-order chi connectivity index (χ0) is 20.9. The predicted octanol–water partition coefficient (Wildman–Crippen LogP) is 3.21. The van der Waals surface area contributed by atoms with Crippen LogP contribution in [0.3, 0.4) is 0 Å². The van der Waals surface area contributed by atoms with Crippen LogP contribution in [0.4, 0.5) is 10.5 Å². The second-order valence-electron chi connectivity index (χ2n) is 7.63. The smallest absolute Gasteiger partial charge is 0.410 e. The standard InChI is InChI=1S/C20H27N5O3/c1-20(2,3)28-19(26)25-9-7-14(8-10-25)18-17(27-6)11-15(16(12-21)23-18)22-13-24(4)5/h7,11,13H,8-10H2,1-6H3/b22-13+. The number of aliphatic imine (C=N–C) groups is 1. The topological polar surface area (TPSA) is 91.0 Å². The molecule has 0 unspecified atom stereocenters. The lowest BCUT2D eigenvalue weighted by molar-refractivity contribution is 0.0270. The van der Waals surface area contributed by atoms with E-state index >= 15 is 0 Å². The summed E-state index contributed by atoms with van der Waals surface area (Å²) in [4.78, 5) is 24.4. The van der Waals surface area contributed by atoms with Gasteiger partial charge in [-0.2, -0.15) is 5.26 Å². The van der Waals surface area contributed by atoms with Gasteiger partial charge in [0.15, 0.2) is 5.69 Å². The lowest BCUT2D eigenvalue weighted by atomic mass is 10.0. The van der Waals surface area contributed by atoms with E-state index < -0.39 is 5.60 Å². The quantitative estimate of drug-likeness (QED) is 0.584. The molecule has 2 heterocycles. The third kappa shape index (κ3) is 5.46. The highest BCUT2D eigenvalue weighted by Gasteiger charge is 2.25. The molecule has 1 aromatic heterocycles. The van der Waals surface area contributed by atoms with E-state index in [1.54, 1.807) is 29.3 Å². The Bertz CT molecular complexity index is 831. The number of hydrogen-bond acceptors (Lipinski definition) is 6. The number of aromatic nitrogens is 1. The van der Waals surface area contributed by atoms with Gasteiger partial charge in [0.05, 0.1) is 13.4 Å². The van der Waals surface area contributed by atoms with E-state index in [0.29, 0.717) is 36.6 Å². The first kappa shape index (κ1) is 21.2. The summed E-state index contributed by atoms with van der Waals surface area (Å²) in [5.41, 5.74) is 1.67. The van der Waals surface area contributed by atoms with Crippen LogP contribution in [0.2, 0.25) is 0 Å². The summed E-state index contributed by atoms with van der Waals surface area (Å²) >= 11 is 0. The van der Waals surface area contributed by atoms with Crippen molar-refractivity contribution < 1.29 is 14.3 Å². The minimum atomic E-state index is -0.531. The number of nitrogens with zero attached hydrogens (tertiary/aromatic N) is 5. The summed E-state index contributed by atoms with van der Waals surface area (Å²) < 4.78 is 10.9. The molecule has 8 heteroatoms. The van der Waals surface area contributed by atoms with Crippen LogP contribution < -0.4 is 4.74 Å². The predicted molar refractivity (Wildman–Crippen MR) is 108 cm³/mol. The highest BCUT2D eigenvalue weighted by molar-refractivity contribution is 5.75. The van der Waals surface area contributed by atoms with Crippen LogP contribution in [0.25, 0.3) is 5.57 Å². The molecule has 1 amide bonds. The van der Waals surface area contributed by atoms with E-state index in [0.717, 1.165) is 5.57 Å². The molecule has 0 aliphatic carbocycles. The Labute approximate surface area is 166 Å². The van der Waals surface area contributed by atoms with Crippen LogP contribution >= 0.6 is 0 Å². The molecule has 1 aliphatic heterocycles. The Hall–Kier alpha value is -3.08. The van der Waals surface area contributed by atoms with Crippen LogP contribution in [0, 0.1) is 11.3 Å². The summed E-state index contributed by atoms with van der Waals surface area (Å²) in [5, 5.41) is 9.46. The molecule has 1 aliphatic rings. The van der Waals surface area contributed by atoms with Gasteiger partial charge in [-0.25, -0.2) is 14.8 Å². The number of amides is 1. The van der Waals surface area contributed by atoms with E-state index in [4.69, 9.17) is 9.47 Å². The molecule has 150 valence electrons. The van der Waals surface area contributed by atoms with Crippen LogP contribution in [0.15, 0.2) is 17.1 Å². The molecular formula is C20H27N5O3. The number of nitriles is 1. The molecule has 0 radical (unpaired) electrons. The maximum Gasteiger partial charge on any atom is 0.410 e. The molecule has 0 bridgehead atoms. The van der Waals surface area contributed by atoms with E-state index in [1.165, 1.54) is 0 Å². The summed E-state index contributed by atoms with van der Waals surface area (Å²) in [7, 11) is 5.25. The average Bonchev–Trinajstić information content (AvgIpc) is 2.64. The van der Waals surface area contributed by atoms with Crippen molar-refractivity contribution in [3.63, 3.8) is 0 Å². The van der Waals surface area contributed by atoms with Gasteiger partial charge >= 0.3 is 6.09 Å². The molecule has 0 N–H and O–H groups in total. The Kier molecular flexibility index (Phi) is 6.62. The summed E-state index contributed by atoms with van der Waals surface area (Å²) in [6.45, 7) is 6.45. The van der Waals surface area contributed by atoms with Crippen LogP contribution in [-0.2, 0) is 4.74 Å². The molecule has 2 rings (SSSR count). The van der Waals surface area contributed by atoms with Gasteiger partial charge in [-0.15, -0.1) is 0 Å². The van der Waals surface area contributed by atoms with Gasteiger partial charge in [-0.05, 0) is 32.8 Å². The average molecular weight is 385 g/mol. The van der Waals surface area contributed by atoms with E-state index in [2.05, 4.69) is 16.0 Å². The van der Waals surface area contributed by atoms with E-state index in [-0.39, 0.29) is 11.8 Å². The molecule has 8 nitrogen and oxygen atoms in total. The van der Waals surface area contributed by atoms with Crippen molar-refractivity contribution in [1.82, 2.24) is 14.8 Å². The van der Waals surface area contributed by atoms with Crippen LogP contribution in [0.1, 0.15) is 38.6 Å². The minimum absolute atomic E-state index is 0.226. The fraction of sp³-hybridized carbons (Fsp3) is 0.500. The van der Waals surface area contributed by atoms with Crippen molar-refractivity contribution in [2.75, 3.05) is 34.3 Å². The third-order valence-electron chi connectivity index (χ3n) is 3.89. The number of ether oxygens (including phenoxy) is 2. The normalized spacial score (nSPS) is 14.5. The monoisotopic (exact) mass is 385 g/mol. The van der Waals surface area contributed by atoms with Gasteiger partial charge in [0.25, 0.3) is 0 Å². The highest BCUT2D eigenvalue weighted by Crippen LogP contribution is 2.33. The largest absolute Gasteiger partial charge is 0.494 e. The van der Waals surface area contributed by atoms with Gasteiger partial charge in [0.2, 0.25) is 0 Å². The fourth-order valence-corrected chi connectivity index (χ4v) is 2.61. The lowest BCUT2D eigenvalue weighted by Gasteiger charge is -2.29. The maximum absolute atomic E-state index is 12.2. The third-order valence-corrected chi connectivity index (χ3v) is 3.89. The van der Waals surface area contributed by atoms with Gasteiger partial charge in [-0.3, -0.25) is 0 Å². The van der Waals surface area contributed by atoms with Crippen LogP contribution in [0.5, 0.6) is 5.75 Å². The van der Waals surface area contributed by atoms with Gasteiger partial charge < -0.3 is 19.3 Å². The lowest BCUT2D eigenvalue weighted by Crippen LogP contribution is -2.39. The van der Waals surface area contributed by atoms with Gasteiger partial charge in [0, 0.05) is 33.3 Å². The van der Waals surface area contributed by atoms with Crippen molar-refractivity contribution in [2.24, 2.45) is 4.99 Å². The van der Waals surface area contributed by atoms with Crippen molar-refractivity contribution in [2.45, 2.75) is 32.8 Å². The first-order valence-corrected chi connectivity index (χ1v) is 9.01.